The van der Waals surface area contributed by atoms with Gasteiger partial charge in [0.25, 0.3) is 0 Å². The lowest BCUT2D eigenvalue weighted by atomic mass is 10.2. The van der Waals surface area contributed by atoms with Gasteiger partial charge in [-0.1, -0.05) is 5.16 Å². The van der Waals surface area contributed by atoms with Crippen LogP contribution in [0.15, 0.2) is 5.16 Å². The zero-order valence-electron chi connectivity index (χ0n) is 9.89. The van der Waals surface area contributed by atoms with Crippen LogP contribution in [0, 0.1) is 0 Å². The molecule has 0 aromatic carbocycles. The number of ether oxygens (including phenoxy) is 2. The molecule has 1 rings (SSSR count). The lowest BCUT2D eigenvalue weighted by Gasteiger charge is -2.25. The maximum atomic E-state index is 11.7. The number of carbonyl (C=O) groups is 1. The molecule has 1 saturated heterocycles. The van der Waals surface area contributed by atoms with Gasteiger partial charge in [-0.05, 0) is 20.8 Å². The Hall–Kier alpha value is -1.30. The van der Waals surface area contributed by atoms with Crippen LogP contribution < -0.4 is 0 Å². The third-order valence-electron chi connectivity index (χ3n) is 1.94. The van der Waals surface area contributed by atoms with Crippen molar-refractivity contribution in [3.05, 3.63) is 0 Å². The smallest absolute Gasteiger partial charge is 0.410 e. The number of hydrogen-bond donors (Lipinski definition) is 1. The molecular formula is C10H18N2O4. The average molecular weight is 230 g/mol. The van der Waals surface area contributed by atoms with E-state index in [1.165, 1.54) is 4.90 Å². The molecule has 6 heteroatoms. The fourth-order valence-electron chi connectivity index (χ4n) is 1.25. The molecule has 1 aliphatic rings. The summed E-state index contributed by atoms with van der Waals surface area (Å²) in [6.45, 7) is 6.76. The second kappa shape index (κ2) is 5.16. The van der Waals surface area contributed by atoms with Crippen LogP contribution in [0.3, 0.4) is 0 Å². The van der Waals surface area contributed by atoms with Crippen molar-refractivity contribution in [2.45, 2.75) is 26.4 Å². The van der Waals surface area contributed by atoms with Crippen molar-refractivity contribution in [2.75, 3.05) is 26.3 Å². The van der Waals surface area contributed by atoms with Gasteiger partial charge in [-0.15, -0.1) is 0 Å². The number of rotatable bonds is 0. The molecule has 1 N–H and O–H groups in total. The molecule has 1 amide bonds. The highest BCUT2D eigenvalue weighted by molar-refractivity contribution is 5.89. The van der Waals surface area contributed by atoms with E-state index in [0.717, 1.165) is 0 Å². The van der Waals surface area contributed by atoms with Gasteiger partial charge in [-0.2, -0.15) is 0 Å². The van der Waals surface area contributed by atoms with Crippen molar-refractivity contribution in [2.24, 2.45) is 5.16 Å². The summed E-state index contributed by atoms with van der Waals surface area (Å²) in [5, 5.41) is 11.8. The Kier molecular flexibility index (Phi) is 4.12. The molecule has 6 nitrogen and oxygen atoms in total. The van der Waals surface area contributed by atoms with E-state index in [1.807, 2.05) is 0 Å². The second-order valence-corrected chi connectivity index (χ2v) is 4.62. The summed E-state index contributed by atoms with van der Waals surface area (Å²) < 4.78 is 10.4. The predicted octanol–water partition coefficient (Wildman–Crippen LogP) is 1.08. The fraction of sp³-hybridized carbons (Fsp3) is 0.800. The van der Waals surface area contributed by atoms with Crippen LogP contribution in [0.2, 0.25) is 0 Å². The monoisotopic (exact) mass is 230 g/mol. The summed E-state index contributed by atoms with van der Waals surface area (Å²) in [6, 6.07) is 0. The van der Waals surface area contributed by atoms with Crippen LogP contribution in [-0.4, -0.2) is 53.8 Å². The fourth-order valence-corrected chi connectivity index (χ4v) is 1.25. The van der Waals surface area contributed by atoms with Crippen molar-refractivity contribution in [1.82, 2.24) is 4.90 Å². The first-order valence-electron chi connectivity index (χ1n) is 5.18. The van der Waals surface area contributed by atoms with Gasteiger partial charge >= 0.3 is 6.09 Å². The first-order chi connectivity index (χ1) is 7.42. The molecule has 0 spiro atoms. The minimum Gasteiger partial charge on any atom is -0.444 e. The van der Waals surface area contributed by atoms with Crippen LogP contribution >= 0.6 is 0 Å². The Morgan fingerprint density at radius 1 is 1.56 bits per heavy atom. The van der Waals surface area contributed by atoms with E-state index in [9.17, 15) is 4.79 Å². The summed E-state index contributed by atoms with van der Waals surface area (Å²) in [5.41, 5.74) is -0.107. The lowest BCUT2D eigenvalue weighted by molar-refractivity contribution is 0.0252. The maximum Gasteiger partial charge on any atom is 0.410 e. The normalized spacial score (nSPS) is 20.7. The molecule has 0 aromatic heterocycles. The van der Waals surface area contributed by atoms with Crippen molar-refractivity contribution in [3.8, 4) is 0 Å². The first-order valence-corrected chi connectivity index (χ1v) is 5.18. The Labute approximate surface area is 94.8 Å². The summed E-state index contributed by atoms with van der Waals surface area (Å²) >= 11 is 0. The van der Waals surface area contributed by atoms with Gasteiger partial charge in [0.2, 0.25) is 0 Å². The molecule has 1 fully saturated rings. The van der Waals surface area contributed by atoms with Gasteiger partial charge in [0, 0.05) is 6.54 Å². The summed E-state index contributed by atoms with van der Waals surface area (Å²) in [6.07, 6.45) is -0.417. The highest BCUT2D eigenvalue weighted by Crippen LogP contribution is 2.10. The number of oxime groups is 1. The molecule has 0 aromatic rings. The minimum atomic E-state index is -0.527. The van der Waals surface area contributed by atoms with Crippen LogP contribution in [0.25, 0.3) is 0 Å². The summed E-state index contributed by atoms with van der Waals surface area (Å²) in [7, 11) is 0. The number of amides is 1. The standard InChI is InChI=1S/C10H18N2O4/c1-10(2,3)16-9(13)12-4-5-15-7-8(6-12)11-14/h14H,4-7H2,1-3H3/b11-8+. The molecule has 1 heterocycles. The molecular weight excluding hydrogens is 212 g/mol. The van der Waals surface area contributed by atoms with Gasteiger partial charge in [0.05, 0.1) is 19.8 Å². The Bertz CT molecular complexity index is 283. The molecule has 0 unspecified atom stereocenters. The lowest BCUT2D eigenvalue weighted by Crippen LogP contribution is -2.40. The van der Waals surface area contributed by atoms with E-state index in [0.29, 0.717) is 18.9 Å². The first kappa shape index (κ1) is 12.8. The van der Waals surface area contributed by atoms with Gasteiger partial charge < -0.3 is 19.6 Å². The molecule has 0 radical (unpaired) electrons. The number of carbonyl (C=O) groups excluding carboxylic acids is 1. The SMILES string of the molecule is CC(C)(C)OC(=O)N1CCOC/C(=N/O)C1. The van der Waals surface area contributed by atoms with Crippen molar-refractivity contribution in [3.63, 3.8) is 0 Å². The van der Waals surface area contributed by atoms with E-state index in [1.54, 1.807) is 20.8 Å². The largest absolute Gasteiger partial charge is 0.444 e. The van der Waals surface area contributed by atoms with Crippen molar-refractivity contribution < 1.29 is 19.5 Å². The summed E-state index contributed by atoms with van der Waals surface area (Å²) in [4.78, 5) is 13.2. The average Bonchev–Trinajstić information content (AvgIpc) is 2.39. The second-order valence-electron chi connectivity index (χ2n) is 4.62. The molecule has 1 aliphatic heterocycles. The minimum absolute atomic E-state index is 0.241. The molecule has 0 aliphatic carbocycles. The maximum absolute atomic E-state index is 11.7. The van der Waals surface area contributed by atoms with E-state index >= 15 is 0 Å². The van der Waals surface area contributed by atoms with Gasteiger partial charge in [-0.3, -0.25) is 0 Å². The Morgan fingerprint density at radius 2 is 2.25 bits per heavy atom. The Balaban J connectivity index is 2.60. The van der Waals surface area contributed by atoms with Gasteiger partial charge in [0.15, 0.2) is 0 Å². The van der Waals surface area contributed by atoms with Gasteiger partial charge in [0.1, 0.15) is 11.3 Å². The van der Waals surface area contributed by atoms with Gasteiger partial charge in [-0.25, -0.2) is 4.79 Å². The molecule has 0 bridgehead atoms. The van der Waals surface area contributed by atoms with Crippen molar-refractivity contribution in [1.29, 1.82) is 0 Å². The number of nitrogens with zero attached hydrogens (tertiary/aromatic N) is 2. The zero-order chi connectivity index (χ0) is 12.2. The molecule has 0 saturated carbocycles. The van der Waals surface area contributed by atoms with E-state index in [4.69, 9.17) is 14.7 Å². The third kappa shape index (κ3) is 4.06. The quantitative estimate of drug-likeness (QED) is 0.499. The van der Waals surface area contributed by atoms with E-state index in [2.05, 4.69) is 5.16 Å². The van der Waals surface area contributed by atoms with E-state index < -0.39 is 11.7 Å². The van der Waals surface area contributed by atoms with Crippen LogP contribution in [0.4, 0.5) is 4.79 Å². The van der Waals surface area contributed by atoms with Crippen LogP contribution in [0.5, 0.6) is 0 Å². The van der Waals surface area contributed by atoms with E-state index in [-0.39, 0.29) is 13.2 Å². The topological polar surface area (TPSA) is 71.4 Å². The zero-order valence-corrected chi connectivity index (χ0v) is 9.89. The molecule has 92 valence electrons. The highest BCUT2D eigenvalue weighted by atomic mass is 16.6. The summed E-state index contributed by atoms with van der Waals surface area (Å²) in [5.74, 6) is 0. The van der Waals surface area contributed by atoms with Crippen molar-refractivity contribution >= 4 is 11.8 Å². The van der Waals surface area contributed by atoms with Crippen LogP contribution in [0.1, 0.15) is 20.8 Å². The molecule has 16 heavy (non-hydrogen) atoms. The van der Waals surface area contributed by atoms with Crippen LogP contribution in [-0.2, 0) is 9.47 Å². The highest BCUT2D eigenvalue weighted by Gasteiger charge is 2.24. The number of hydrogen-bond acceptors (Lipinski definition) is 5. The third-order valence-corrected chi connectivity index (χ3v) is 1.94. The molecule has 0 atom stereocenters. The Morgan fingerprint density at radius 3 is 2.81 bits per heavy atom. The predicted molar refractivity (Wildman–Crippen MR) is 57.8 cm³/mol.